The van der Waals surface area contributed by atoms with Crippen LogP contribution in [0.4, 0.5) is 4.39 Å². The largest absolute Gasteiger partial charge is 0.458 e. The number of piperazine rings is 1. The van der Waals surface area contributed by atoms with Crippen LogP contribution >= 0.6 is 0 Å². The van der Waals surface area contributed by atoms with Crippen molar-refractivity contribution >= 4 is 5.97 Å². The van der Waals surface area contributed by atoms with E-state index in [0.29, 0.717) is 0 Å². The number of hydrogen-bond acceptors (Lipinski definition) is 4. The lowest BCUT2D eigenvalue weighted by Gasteiger charge is -2.33. The number of likely N-dealkylation sites (N-methyl/N-ethyl adjacent to an activating group) is 1. The van der Waals surface area contributed by atoms with Gasteiger partial charge in [0.25, 0.3) is 0 Å². The zero-order valence-electron chi connectivity index (χ0n) is 12.0. The minimum absolute atomic E-state index is 0.200. The number of hydrogen-bond donors (Lipinski definition) is 0. The van der Waals surface area contributed by atoms with Gasteiger partial charge >= 0.3 is 5.97 Å². The Balaban J connectivity index is 1.82. The minimum atomic E-state index is -0.467. The van der Waals surface area contributed by atoms with Gasteiger partial charge in [0.2, 0.25) is 0 Å². The Kier molecular flexibility index (Phi) is 5.09. The van der Waals surface area contributed by atoms with Crippen LogP contribution in [0.25, 0.3) is 0 Å². The van der Waals surface area contributed by atoms with E-state index in [0.717, 1.165) is 32.7 Å². The highest BCUT2D eigenvalue weighted by Crippen LogP contribution is 2.08. The molecular formula is C15H21FN2O2. The lowest BCUT2D eigenvalue weighted by atomic mass is 10.2. The molecule has 5 heteroatoms. The number of nitrogens with zero attached hydrogens (tertiary/aromatic N) is 2. The van der Waals surface area contributed by atoms with Crippen LogP contribution in [0.3, 0.4) is 0 Å². The van der Waals surface area contributed by atoms with Crippen LogP contribution in [-0.2, 0) is 4.74 Å². The van der Waals surface area contributed by atoms with Gasteiger partial charge < -0.3 is 9.64 Å². The highest BCUT2D eigenvalue weighted by Gasteiger charge is 2.19. The number of carbonyl (C=O) groups is 1. The molecule has 0 radical (unpaired) electrons. The standard InChI is InChI=1S/C15H21FN2O2/c1-12(11-18-8-6-17(2)7-9-18)20-15(19)13-4-3-5-14(16)10-13/h3-5,10,12H,6-9,11H2,1-2H3/t12-/m0/s1. The van der Waals surface area contributed by atoms with Crippen molar-refractivity contribution in [1.29, 1.82) is 0 Å². The van der Waals surface area contributed by atoms with Crippen LogP contribution in [0.1, 0.15) is 17.3 Å². The van der Waals surface area contributed by atoms with Crippen LogP contribution in [0.5, 0.6) is 0 Å². The van der Waals surface area contributed by atoms with Crippen LogP contribution in [-0.4, -0.2) is 61.6 Å². The van der Waals surface area contributed by atoms with E-state index >= 15 is 0 Å². The zero-order valence-corrected chi connectivity index (χ0v) is 12.0. The van der Waals surface area contributed by atoms with Gasteiger partial charge in [-0.25, -0.2) is 9.18 Å². The highest BCUT2D eigenvalue weighted by molar-refractivity contribution is 5.89. The SMILES string of the molecule is C[C@@H](CN1CCN(C)CC1)OC(=O)c1cccc(F)c1. The van der Waals surface area contributed by atoms with Crippen molar-refractivity contribution in [2.24, 2.45) is 0 Å². The molecule has 0 aromatic heterocycles. The molecule has 1 aromatic rings. The first-order valence-corrected chi connectivity index (χ1v) is 6.92. The molecule has 0 bridgehead atoms. The molecule has 1 aliphatic heterocycles. The third kappa shape index (κ3) is 4.28. The van der Waals surface area contributed by atoms with Gasteiger partial charge in [0.15, 0.2) is 0 Å². The number of esters is 1. The Morgan fingerprint density at radius 1 is 1.35 bits per heavy atom. The Labute approximate surface area is 119 Å². The van der Waals surface area contributed by atoms with E-state index in [1.807, 2.05) is 6.92 Å². The summed E-state index contributed by atoms with van der Waals surface area (Å²) in [6, 6.07) is 5.58. The Hall–Kier alpha value is -1.46. The third-order valence-corrected chi connectivity index (χ3v) is 3.48. The third-order valence-electron chi connectivity index (χ3n) is 3.48. The van der Waals surface area contributed by atoms with Crippen LogP contribution < -0.4 is 0 Å². The first-order chi connectivity index (χ1) is 9.54. The van der Waals surface area contributed by atoms with E-state index in [1.165, 1.54) is 18.2 Å². The second-order valence-corrected chi connectivity index (χ2v) is 5.33. The molecule has 110 valence electrons. The van der Waals surface area contributed by atoms with E-state index in [1.54, 1.807) is 6.07 Å². The summed E-state index contributed by atoms with van der Waals surface area (Å²) < 4.78 is 18.4. The molecule has 1 fully saturated rings. The average molecular weight is 280 g/mol. The summed E-state index contributed by atoms with van der Waals surface area (Å²) in [6.45, 7) is 6.62. The second kappa shape index (κ2) is 6.81. The van der Waals surface area contributed by atoms with Crippen LogP contribution in [0.2, 0.25) is 0 Å². The molecule has 0 N–H and O–H groups in total. The average Bonchev–Trinajstić information content (AvgIpc) is 2.41. The van der Waals surface area contributed by atoms with Crippen molar-refractivity contribution < 1.29 is 13.9 Å². The molecule has 4 nitrogen and oxygen atoms in total. The van der Waals surface area contributed by atoms with Gasteiger partial charge in [-0.15, -0.1) is 0 Å². The molecule has 0 amide bonds. The first-order valence-electron chi connectivity index (χ1n) is 6.92. The first kappa shape index (κ1) is 14.9. The molecule has 1 aliphatic rings. The molecule has 0 aliphatic carbocycles. The van der Waals surface area contributed by atoms with E-state index in [9.17, 15) is 9.18 Å². The van der Waals surface area contributed by atoms with Gasteiger partial charge in [0.05, 0.1) is 5.56 Å². The molecule has 1 atom stereocenters. The number of benzene rings is 1. The van der Waals surface area contributed by atoms with Crippen LogP contribution in [0, 0.1) is 5.82 Å². The Morgan fingerprint density at radius 3 is 2.70 bits per heavy atom. The molecule has 1 aromatic carbocycles. The van der Waals surface area contributed by atoms with E-state index < -0.39 is 11.8 Å². The predicted octanol–water partition coefficient (Wildman–Crippen LogP) is 1.62. The molecule has 1 heterocycles. The Bertz CT molecular complexity index is 459. The minimum Gasteiger partial charge on any atom is -0.458 e. The summed E-state index contributed by atoms with van der Waals surface area (Å²) in [6.07, 6.45) is -0.200. The summed E-state index contributed by atoms with van der Waals surface area (Å²) in [5.74, 6) is -0.891. The van der Waals surface area contributed by atoms with Crippen molar-refractivity contribution in [3.8, 4) is 0 Å². The van der Waals surface area contributed by atoms with Gasteiger partial charge in [0, 0.05) is 32.7 Å². The molecule has 1 saturated heterocycles. The second-order valence-electron chi connectivity index (χ2n) is 5.33. The molecule has 0 saturated carbocycles. The summed E-state index contributed by atoms with van der Waals surface area (Å²) in [4.78, 5) is 16.4. The fourth-order valence-corrected chi connectivity index (χ4v) is 2.30. The quantitative estimate of drug-likeness (QED) is 0.785. The molecule has 0 spiro atoms. The van der Waals surface area contributed by atoms with Crippen molar-refractivity contribution in [1.82, 2.24) is 9.80 Å². The predicted molar refractivity (Wildman–Crippen MR) is 75.2 cm³/mol. The van der Waals surface area contributed by atoms with E-state index in [4.69, 9.17) is 4.74 Å². The van der Waals surface area contributed by atoms with Gasteiger partial charge in [0.1, 0.15) is 11.9 Å². The number of carbonyl (C=O) groups excluding carboxylic acids is 1. The summed E-state index contributed by atoms with van der Waals surface area (Å²) >= 11 is 0. The number of ether oxygens (including phenoxy) is 1. The molecule has 20 heavy (non-hydrogen) atoms. The normalized spacial score (nSPS) is 18.8. The topological polar surface area (TPSA) is 32.8 Å². The lowest BCUT2D eigenvalue weighted by Crippen LogP contribution is -2.47. The van der Waals surface area contributed by atoms with Crippen molar-refractivity contribution in [3.63, 3.8) is 0 Å². The van der Waals surface area contributed by atoms with Crippen molar-refractivity contribution in [2.75, 3.05) is 39.8 Å². The van der Waals surface area contributed by atoms with Gasteiger partial charge in [-0.1, -0.05) is 6.07 Å². The molecule has 0 unspecified atom stereocenters. The fourth-order valence-electron chi connectivity index (χ4n) is 2.30. The van der Waals surface area contributed by atoms with E-state index in [-0.39, 0.29) is 11.7 Å². The smallest absolute Gasteiger partial charge is 0.338 e. The maximum atomic E-state index is 13.1. The summed E-state index contributed by atoms with van der Waals surface area (Å²) in [5.41, 5.74) is 0.259. The zero-order chi connectivity index (χ0) is 14.5. The highest BCUT2D eigenvalue weighted by atomic mass is 19.1. The van der Waals surface area contributed by atoms with Gasteiger partial charge in [-0.05, 0) is 32.2 Å². The molecular weight excluding hydrogens is 259 g/mol. The van der Waals surface area contributed by atoms with E-state index in [2.05, 4.69) is 16.8 Å². The monoisotopic (exact) mass is 280 g/mol. The lowest BCUT2D eigenvalue weighted by molar-refractivity contribution is 0.0207. The number of halogens is 1. The maximum absolute atomic E-state index is 13.1. The summed E-state index contributed by atoms with van der Waals surface area (Å²) in [7, 11) is 2.10. The Morgan fingerprint density at radius 2 is 2.05 bits per heavy atom. The van der Waals surface area contributed by atoms with Gasteiger partial charge in [-0.3, -0.25) is 4.90 Å². The van der Waals surface area contributed by atoms with Crippen molar-refractivity contribution in [3.05, 3.63) is 35.6 Å². The summed E-state index contributed by atoms with van der Waals surface area (Å²) in [5, 5.41) is 0. The fraction of sp³-hybridized carbons (Fsp3) is 0.533. The molecule has 2 rings (SSSR count). The maximum Gasteiger partial charge on any atom is 0.338 e. The van der Waals surface area contributed by atoms with Crippen LogP contribution in [0.15, 0.2) is 24.3 Å². The van der Waals surface area contributed by atoms with Crippen molar-refractivity contribution in [2.45, 2.75) is 13.0 Å². The number of rotatable bonds is 4. The van der Waals surface area contributed by atoms with Gasteiger partial charge in [-0.2, -0.15) is 0 Å².